The molecule has 308 valence electrons. The summed E-state index contributed by atoms with van der Waals surface area (Å²) < 4.78 is 2.58. The van der Waals surface area contributed by atoms with Crippen LogP contribution in [0.4, 0.5) is 17.1 Å². The van der Waals surface area contributed by atoms with Gasteiger partial charge in [-0.15, -0.1) is 11.3 Å². The number of nitrogens with zero attached hydrogens (tertiary/aromatic N) is 1. The van der Waals surface area contributed by atoms with Crippen LogP contribution in [0.1, 0.15) is 44.5 Å². The number of hydrogen-bond donors (Lipinski definition) is 0. The SMILES string of the molecule is c1ccc2c(c1)Sc1ccccc1C21c2ccccc2-c2ccc(N(c3cccc4c3-c3ccccc3C43c4ccccc4Sc4ccccc43)c3cccc4sc5ccccc5c34)cc21. The predicted molar refractivity (Wildman–Crippen MR) is 277 cm³/mol. The molecule has 66 heavy (non-hydrogen) atoms. The van der Waals surface area contributed by atoms with Gasteiger partial charge in [0.25, 0.3) is 0 Å². The molecule has 11 aromatic rings. The van der Waals surface area contributed by atoms with E-state index in [2.05, 4.69) is 229 Å². The second-order valence-electron chi connectivity index (χ2n) is 17.8. The van der Waals surface area contributed by atoms with Crippen molar-refractivity contribution < 1.29 is 0 Å². The van der Waals surface area contributed by atoms with Crippen LogP contribution in [0.3, 0.4) is 0 Å². The highest BCUT2D eigenvalue weighted by Crippen LogP contribution is 2.66. The maximum atomic E-state index is 2.62. The average molecular weight is 892 g/mol. The Balaban J connectivity index is 1.07. The van der Waals surface area contributed by atoms with E-state index in [0.717, 1.165) is 5.69 Å². The first kappa shape index (κ1) is 37.2. The molecule has 0 radical (unpaired) electrons. The molecule has 4 aliphatic rings. The number of thiophene rings is 1. The topological polar surface area (TPSA) is 3.24 Å². The Hall–Kier alpha value is -7.08. The van der Waals surface area contributed by atoms with Gasteiger partial charge in [-0.05, 0) is 122 Å². The maximum Gasteiger partial charge on any atom is 0.0736 e. The highest BCUT2D eigenvalue weighted by Gasteiger charge is 2.53. The number of rotatable bonds is 3. The summed E-state index contributed by atoms with van der Waals surface area (Å²) in [4.78, 5) is 7.86. The summed E-state index contributed by atoms with van der Waals surface area (Å²) in [5.41, 5.74) is 18.4. The summed E-state index contributed by atoms with van der Waals surface area (Å²) in [6.45, 7) is 0. The van der Waals surface area contributed by atoms with Gasteiger partial charge in [0.15, 0.2) is 0 Å². The van der Waals surface area contributed by atoms with Crippen LogP contribution in [0.2, 0.25) is 0 Å². The first-order chi connectivity index (χ1) is 32.7. The van der Waals surface area contributed by atoms with E-state index >= 15 is 0 Å². The third-order valence-corrected chi connectivity index (χ3v) is 18.2. The fraction of sp³-hybridized carbons (Fsp3) is 0.0323. The van der Waals surface area contributed by atoms with Crippen molar-refractivity contribution in [2.75, 3.05) is 4.90 Å². The van der Waals surface area contributed by atoms with Crippen molar-refractivity contribution in [3.05, 3.63) is 269 Å². The van der Waals surface area contributed by atoms with Crippen LogP contribution in [0.5, 0.6) is 0 Å². The third-order valence-electron chi connectivity index (χ3n) is 14.8. The molecule has 3 heterocycles. The van der Waals surface area contributed by atoms with E-state index in [4.69, 9.17) is 0 Å². The van der Waals surface area contributed by atoms with Crippen molar-refractivity contribution in [1.29, 1.82) is 0 Å². The van der Waals surface area contributed by atoms with Gasteiger partial charge in [0.1, 0.15) is 0 Å². The van der Waals surface area contributed by atoms with Crippen molar-refractivity contribution in [1.82, 2.24) is 0 Å². The number of anilines is 3. The molecule has 0 saturated carbocycles. The monoisotopic (exact) mass is 891 g/mol. The minimum absolute atomic E-state index is 0.496. The van der Waals surface area contributed by atoms with Gasteiger partial charge < -0.3 is 4.90 Å². The van der Waals surface area contributed by atoms with E-state index in [1.165, 1.54) is 118 Å². The van der Waals surface area contributed by atoms with Crippen molar-refractivity contribution in [2.24, 2.45) is 0 Å². The molecular weight excluding hydrogens is 855 g/mol. The first-order valence-electron chi connectivity index (χ1n) is 22.7. The molecule has 0 fully saturated rings. The lowest BCUT2D eigenvalue weighted by Crippen LogP contribution is -2.32. The highest BCUT2D eigenvalue weighted by atomic mass is 32.2. The van der Waals surface area contributed by atoms with E-state index in [1.807, 2.05) is 34.9 Å². The largest absolute Gasteiger partial charge is 0.309 e. The zero-order valence-corrected chi connectivity index (χ0v) is 38.0. The average Bonchev–Trinajstić information content (AvgIpc) is 4.00. The van der Waals surface area contributed by atoms with Gasteiger partial charge in [0.05, 0.1) is 22.2 Å². The summed E-state index contributed by atoms with van der Waals surface area (Å²) >= 11 is 5.68. The molecule has 1 nitrogen and oxygen atoms in total. The molecule has 15 rings (SSSR count). The molecular formula is C62H37NS3. The molecule has 0 saturated heterocycles. The van der Waals surface area contributed by atoms with Crippen LogP contribution in [0.25, 0.3) is 42.4 Å². The van der Waals surface area contributed by atoms with Crippen LogP contribution in [-0.4, -0.2) is 0 Å². The van der Waals surface area contributed by atoms with E-state index in [0.29, 0.717) is 0 Å². The third kappa shape index (κ3) is 4.68. The fourth-order valence-electron chi connectivity index (χ4n) is 12.4. The van der Waals surface area contributed by atoms with Crippen LogP contribution in [-0.2, 0) is 10.8 Å². The Morgan fingerprint density at radius 2 is 0.773 bits per heavy atom. The standard InChI is InChI=1S/C62H37NS3/c1-4-20-43-39(17-1)40-36-35-38(37-50(40)62(43)47-24-8-13-32-56(47)66-57-33-14-9-25-48(57)62)63(52-28-16-34-58-60(52)42-19-3-10-29-53(42)64-58)51-27-15-26-49-59(51)41-18-2-5-21-44(41)61(49)45-22-6-11-30-54(45)65-55-31-12-7-23-46(55)61/h1-37H. The smallest absolute Gasteiger partial charge is 0.0736 e. The van der Waals surface area contributed by atoms with Crippen molar-refractivity contribution in [3.63, 3.8) is 0 Å². The number of fused-ring (bicyclic) bond motifs is 21. The fourth-order valence-corrected chi connectivity index (χ4v) is 15.9. The van der Waals surface area contributed by atoms with Gasteiger partial charge >= 0.3 is 0 Å². The van der Waals surface area contributed by atoms with Gasteiger partial charge in [-0.25, -0.2) is 0 Å². The molecule has 0 atom stereocenters. The van der Waals surface area contributed by atoms with Crippen LogP contribution in [0, 0.1) is 0 Å². The summed E-state index contributed by atoms with van der Waals surface area (Å²) in [6.07, 6.45) is 0. The first-order valence-corrected chi connectivity index (χ1v) is 25.1. The Bertz CT molecular complexity index is 3790. The van der Waals surface area contributed by atoms with Gasteiger partial charge in [-0.3, -0.25) is 0 Å². The lowest BCUT2D eigenvalue weighted by Gasteiger charge is -2.40. The number of hydrogen-bond acceptors (Lipinski definition) is 4. The molecule has 2 spiro atoms. The second kappa shape index (κ2) is 13.7. The van der Waals surface area contributed by atoms with Gasteiger partial charge in [-0.2, -0.15) is 0 Å². The van der Waals surface area contributed by atoms with E-state index in [9.17, 15) is 0 Å². The van der Waals surface area contributed by atoms with E-state index in [-0.39, 0.29) is 0 Å². The Morgan fingerprint density at radius 3 is 1.42 bits per heavy atom. The Labute approximate surface area is 396 Å². The second-order valence-corrected chi connectivity index (χ2v) is 21.0. The lowest BCUT2D eigenvalue weighted by atomic mass is 9.67. The summed E-state index contributed by atoms with van der Waals surface area (Å²) in [5.74, 6) is 0. The molecule has 1 aromatic heterocycles. The molecule has 10 aromatic carbocycles. The summed E-state index contributed by atoms with van der Waals surface area (Å²) in [6, 6.07) is 85.3. The van der Waals surface area contributed by atoms with Crippen molar-refractivity contribution >= 4 is 72.1 Å². The molecule has 0 N–H and O–H groups in total. The highest BCUT2D eigenvalue weighted by molar-refractivity contribution is 7.99. The summed E-state index contributed by atoms with van der Waals surface area (Å²) in [5, 5.41) is 2.57. The molecule has 0 amide bonds. The quantitative estimate of drug-likeness (QED) is 0.174. The minimum atomic E-state index is -0.504. The van der Waals surface area contributed by atoms with Crippen LogP contribution < -0.4 is 4.90 Å². The zero-order chi connectivity index (χ0) is 43.1. The Kier molecular flexibility index (Phi) is 7.73. The van der Waals surface area contributed by atoms with E-state index < -0.39 is 10.8 Å². The summed E-state index contributed by atoms with van der Waals surface area (Å²) in [7, 11) is 0. The normalized spacial score (nSPS) is 14.8. The van der Waals surface area contributed by atoms with Crippen LogP contribution >= 0.6 is 34.9 Å². The van der Waals surface area contributed by atoms with Gasteiger partial charge in [0, 0.05) is 51.0 Å². The lowest BCUT2D eigenvalue weighted by molar-refractivity contribution is 0.722. The Morgan fingerprint density at radius 1 is 0.318 bits per heavy atom. The predicted octanol–water partition coefficient (Wildman–Crippen LogP) is 17.2. The zero-order valence-electron chi connectivity index (χ0n) is 35.5. The molecule has 0 unspecified atom stereocenters. The molecule has 0 bridgehead atoms. The molecule has 2 aliphatic carbocycles. The van der Waals surface area contributed by atoms with Gasteiger partial charge in [0.2, 0.25) is 0 Å². The van der Waals surface area contributed by atoms with Crippen molar-refractivity contribution in [2.45, 2.75) is 30.4 Å². The molecule has 4 heteroatoms. The number of benzene rings is 10. The maximum absolute atomic E-state index is 2.62. The molecule has 2 aliphatic heterocycles. The van der Waals surface area contributed by atoms with E-state index in [1.54, 1.807) is 0 Å². The minimum Gasteiger partial charge on any atom is -0.309 e. The van der Waals surface area contributed by atoms with Crippen molar-refractivity contribution in [3.8, 4) is 22.3 Å². The van der Waals surface area contributed by atoms with Gasteiger partial charge in [-0.1, -0.05) is 187 Å². The van der Waals surface area contributed by atoms with Crippen LogP contribution in [0.15, 0.2) is 244 Å².